The van der Waals surface area contributed by atoms with E-state index in [1.807, 2.05) is 0 Å². The zero-order valence-corrected chi connectivity index (χ0v) is 6.59. The van der Waals surface area contributed by atoms with Crippen molar-refractivity contribution < 1.29 is 8.78 Å². The number of nitrogens with zero attached hydrogens (tertiary/aromatic N) is 2. The Bertz CT molecular complexity index is 235. The highest BCUT2D eigenvalue weighted by atomic mass is 19.3. The smallest absolute Gasteiger partial charge is 0.255 e. The minimum Gasteiger partial charge on any atom is -0.363 e. The van der Waals surface area contributed by atoms with E-state index in [2.05, 4.69) is 15.5 Å². The molecule has 12 heavy (non-hydrogen) atoms. The molecule has 0 amide bonds. The lowest BCUT2D eigenvalue weighted by Crippen LogP contribution is -2.11. The molecule has 0 unspecified atom stereocenters. The van der Waals surface area contributed by atoms with Gasteiger partial charge >= 0.3 is 0 Å². The fourth-order valence-corrected chi connectivity index (χ4v) is 0.675. The average Bonchev–Trinajstić information content (AvgIpc) is 2.03. The van der Waals surface area contributed by atoms with Gasteiger partial charge in [0, 0.05) is 0 Å². The minimum atomic E-state index is -2.37. The summed E-state index contributed by atoms with van der Waals surface area (Å²) in [5.41, 5.74) is 0.762. The van der Waals surface area contributed by atoms with Gasteiger partial charge in [-0.05, 0) is 19.1 Å². The number of nitrogens with one attached hydrogen (secondary N) is 1. The fourth-order valence-electron chi connectivity index (χ4n) is 0.675. The maximum Gasteiger partial charge on any atom is 0.255 e. The van der Waals surface area contributed by atoms with E-state index >= 15 is 0 Å². The van der Waals surface area contributed by atoms with Gasteiger partial charge in [0.25, 0.3) is 6.43 Å². The molecule has 0 atom stereocenters. The Morgan fingerprint density at radius 1 is 1.42 bits per heavy atom. The molecule has 1 rings (SSSR count). The molecule has 0 saturated heterocycles. The molecule has 1 heterocycles. The van der Waals surface area contributed by atoms with Crippen LogP contribution in [0.3, 0.4) is 0 Å². The number of halogens is 2. The zero-order chi connectivity index (χ0) is 8.97. The first-order valence-corrected chi connectivity index (χ1v) is 3.51. The van der Waals surface area contributed by atoms with Crippen molar-refractivity contribution >= 4 is 5.82 Å². The minimum absolute atomic E-state index is 0.376. The van der Waals surface area contributed by atoms with Gasteiger partial charge in [-0.2, -0.15) is 5.10 Å². The van der Waals surface area contributed by atoms with Crippen LogP contribution in [-0.2, 0) is 0 Å². The van der Waals surface area contributed by atoms with E-state index in [-0.39, 0.29) is 0 Å². The van der Waals surface area contributed by atoms with Gasteiger partial charge in [0.1, 0.15) is 5.82 Å². The molecular formula is C7H9F2N3. The number of anilines is 1. The topological polar surface area (TPSA) is 37.8 Å². The molecule has 5 heteroatoms. The summed E-state index contributed by atoms with van der Waals surface area (Å²) in [6.45, 7) is 1.39. The summed E-state index contributed by atoms with van der Waals surface area (Å²) in [6, 6.07) is 3.32. The fraction of sp³-hybridized carbons (Fsp3) is 0.429. The van der Waals surface area contributed by atoms with E-state index in [4.69, 9.17) is 0 Å². The molecule has 0 aromatic carbocycles. The molecule has 1 N–H and O–H groups in total. The van der Waals surface area contributed by atoms with Gasteiger partial charge in [0.2, 0.25) is 0 Å². The van der Waals surface area contributed by atoms with Crippen LogP contribution in [0.1, 0.15) is 5.69 Å². The standard InChI is InChI=1S/C7H9F2N3/c1-5-2-3-7(12-11-5)10-4-6(8)9/h2-3,6H,4H2,1H3,(H,10,12). The second kappa shape index (κ2) is 3.94. The van der Waals surface area contributed by atoms with Crippen LogP contribution in [0.5, 0.6) is 0 Å². The van der Waals surface area contributed by atoms with Crippen molar-refractivity contribution in [1.82, 2.24) is 10.2 Å². The first-order valence-electron chi connectivity index (χ1n) is 3.51. The lowest BCUT2D eigenvalue weighted by Gasteiger charge is -2.02. The first-order chi connectivity index (χ1) is 5.68. The van der Waals surface area contributed by atoms with Crippen LogP contribution in [0, 0.1) is 6.92 Å². The van der Waals surface area contributed by atoms with E-state index in [1.165, 1.54) is 0 Å². The molecular weight excluding hydrogens is 164 g/mol. The maximum absolute atomic E-state index is 11.7. The third-order valence-electron chi connectivity index (χ3n) is 1.24. The van der Waals surface area contributed by atoms with Crippen LogP contribution in [0.2, 0.25) is 0 Å². The monoisotopic (exact) mass is 173 g/mol. The average molecular weight is 173 g/mol. The lowest BCUT2D eigenvalue weighted by atomic mass is 10.4. The first kappa shape index (κ1) is 8.83. The molecule has 66 valence electrons. The zero-order valence-electron chi connectivity index (χ0n) is 6.59. The molecule has 0 radical (unpaired) electrons. The van der Waals surface area contributed by atoms with Crippen LogP contribution < -0.4 is 5.32 Å². The predicted octanol–water partition coefficient (Wildman–Crippen LogP) is 1.46. The van der Waals surface area contributed by atoms with E-state index in [9.17, 15) is 8.78 Å². The second-order valence-corrected chi connectivity index (χ2v) is 2.33. The lowest BCUT2D eigenvalue weighted by molar-refractivity contribution is 0.163. The number of rotatable bonds is 3. The number of aryl methyl sites for hydroxylation is 1. The second-order valence-electron chi connectivity index (χ2n) is 2.33. The summed E-state index contributed by atoms with van der Waals surface area (Å²) in [4.78, 5) is 0. The Labute approximate surface area is 68.8 Å². The summed E-state index contributed by atoms with van der Waals surface area (Å²) >= 11 is 0. The summed E-state index contributed by atoms with van der Waals surface area (Å²) in [7, 11) is 0. The Balaban J connectivity index is 2.48. The maximum atomic E-state index is 11.7. The van der Waals surface area contributed by atoms with Crippen molar-refractivity contribution in [1.29, 1.82) is 0 Å². The molecule has 1 aromatic heterocycles. The predicted molar refractivity (Wildman–Crippen MR) is 41.3 cm³/mol. The number of hydrogen-bond acceptors (Lipinski definition) is 3. The van der Waals surface area contributed by atoms with Crippen LogP contribution in [0.15, 0.2) is 12.1 Å². The van der Waals surface area contributed by atoms with E-state index in [0.717, 1.165) is 5.69 Å². The molecule has 0 aliphatic rings. The Morgan fingerprint density at radius 3 is 2.67 bits per heavy atom. The van der Waals surface area contributed by atoms with Crippen molar-refractivity contribution in [2.24, 2.45) is 0 Å². The Hall–Kier alpha value is -1.26. The van der Waals surface area contributed by atoms with Crippen molar-refractivity contribution in [3.05, 3.63) is 17.8 Å². The third-order valence-corrected chi connectivity index (χ3v) is 1.24. The van der Waals surface area contributed by atoms with Gasteiger partial charge in [-0.3, -0.25) is 0 Å². The van der Waals surface area contributed by atoms with Crippen LogP contribution in [0.4, 0.5) is 14.6 Å². The molecule has 0 fully saturated rings. The van der Waals surface area contributed by atoms with Crippen molar-refractivity contribution in [2.75, 3.05) is 11.9 Å². The summed E-state index contributed by atoms with van der Waals surface area (Å²) in [5.74, 6) is 0.376. The normalized spacial score (nSPS) is 10.3. The highest BCUT2D eigenvalue weighted by Gasteiger charge is 2.01. The van der Waals surface area contributed by atoms with E-state index in [1.54, 1.807) is 19.1 Å². The molecule has 1 aromatic rings. The SMILES string of the molecule is Cc1ccc(NCC(F)F)nn1. The third kappa shape index (κ3) is 2.77. The van der Waals surface area contributed by atoms with E-state index < -0.39 is 13.0 Å². The van der Waals surface area contributed by atoms with Gasteiger partial charge in [-0.1, -0.05) is 0 Å². The van der Waals surface area contributed by atoms with Gasteiger partial charge in [-0.25, -0.2) is 8.78 Å². The summed E-state index contributed by atoms with van der Waals surface area (Å²) in [6.07, 6.45) is -2.37. The molecule has 0 aliphatic heterocycles. The Morgan fingerprint density at radius 2 is 2.17 bits per heavy atom. The molecule has 0 aliphatic carbocycles. The Kier molecular flexibility index (Phi) is 2.90. The van der Waals surface area contributed by atoms with Crippen LogP contribution in [-0.4, -0.2) is 23.2 Å². The molecule has 0 spiro atoms. The quantitative estimate of drug-likeness (QED) is 0.751. The van der Waals surface area contributed by atoms with Crippen LogP contribution in [0.25, 0.3) is 0 Å². The number of hydrogen-bond donors (Lipinski definition) is 1. The highest BCUT2D eigenvalue weighted by molar-refractivity contribution is 5.32. The van der Waals surface area contributed by atoms with Gasteiger partial charge in [0.15, 0.2) is 0 Å². The highest BCUT2D eigenvalue weighted by Crippen LogP contribution is 2.01. The van der Waals surface area contributed by atoms with Gasteiger partial charge < -0.3 is 5.32 Å². The van der Waals surface area contributed by atoms with Crippen LogP contribution >= 0.6 is 0 Å². The van der Waals surface area contributed by atoms with Crippen molar-refractivity contribution in [2.45, 2.75) is 13.3 Å². The summed E-state index contributed by atoms with van der Waals surface area (Å²) < 4.78 is 23.4. The van der Waals surface area contributed by atoms with Gasteiger partial charge in [0.05, 0.1) is 12.2 Å². The largest absolute Gasteiger partial charge is 0.363 e. The van der Waals surface area contributed by atoms with Crippen molar-refractivity contribution in [3.8, 4) is 0 Å². The van der Waals surface area contributed by atoms with E-state index in [0.29, 0.717) is 5.82 Å². The number of alkyl halides is 2. The molecule has 0 bridgehead atoms. The molecule has 0 saturated carbocycles. The number of aromatic nitrogens is 2. The van der Waals surface area contributed by atoms with Gasteiger partial charge in [-0.15, -0.1) is 5.10 Å². The molecule has 3 nitrogen and oxygen atoms in total. The van der Waals surface area contributed by atoms with Crippen molar-refractivity contribution in [3.63, 3.8) is 0 Å². The summed E-state index contributed by atoms with van der Waals surface area (Å²) in [5, 5.41) is 9.80.